The molecule has 0 radical (unpaired) electrons. The van der Waals surface area contributed by atoms with E-state index in [2.05, 4.69) is 15.3 Å². The molecule has 2 aromatic carbocycles. The number of nitrogen functional groups attached to an aromatic ring is 1. The van der Waals surface area contributed by atoms with Crippen LogP contribution in [-0.2, 0) is 0 Å². The first-order valence-corrected chi connectivity index (χ1v) is 6.13. The monoisotopic (exact) mass is 270 g/mol. The second-order valence-electron chi connectivity index (χ2n) is 4.10. The largest absolute Gasteiger partial charge is 0.399 e. The number of para-hydroxylation sites is 1. The van der Waals surface area contributed by atoms with Crippen molar-refractivity contribution in [2.24, 2.45) is 0 Å². The molecule has 94 valence electrons. The molecule has 1 aromatic heterocycles. The third-order valence-electron chi connectivity index (χ3n) is 2.79. The minimum absolute atomic E-state index is 0.637. The van der Waals surface area contributed by atoms with E-state index in [1.165, 1.54) is 6.33 Å². The number of anilines is 3. The van der Waals surface area contributed by atoms with Gasteiger partial charge in [0.25, 0.3) is 0 Å². The number of nitrogens with zero attached hydrogens (tertiary/aromatic N) is 2. The molecule has 0 bridgehead atoms. The summed E-state index contributed by atoms with van der Waals surface area (Å²) in [5.41, 5.74) is 8.11. The van der Waals surface area contributed by atoms with Gasteiger partial charge in [0.15, 0.2) is 0 Å². The summed E-state index contributed by atoms with van der Waals surface area (Å²) in [7, 11) is 0. The molecule has 0 fully saturated rings. The topological polar surface area (TPSA) is 63.8 Å². The van der Waals surface area contributed by atoms with Gasteiger partial charge < -0.3 is 11.1 Å². The van der Waals surface area contributed by atoms with E-state index < -0.39 is 0 Å². The number of rotatable bonds is 2. The lowest BCUT2D eigenvalue weighted by atomic mass is 10.2. The van der Waals surface area contributed by atoms with E-state index in [9.17, 15) is 0 Å². The fourth-order valence-electron chi connectivity index (χ4n) is 1.86. The van der Waals surface area contributed by atoms with Crippen molar-refractivity contribution in [3.8, 4) is 0 Å². The summed E-state index contributed by atoms with van der Waals surface area (Å²) < 4.78 is 0. The highest BCUT2D eigenvalue weighted by Crippen LogP contribution is 2.28. The van der Waals surface area contributed by atoms with Gasteiger partial charge in [-0.1, -0.05) is 23.7 Å². The first-order valence-electron chi connectivity index (χ1n) is 5.76. The van der Waals surface area contributed by atoms with E-state index in [1.807, 2.05) is 42.5 Å². The van der Waals surface area contributed by atoms with Gasteiger partial charge in [-0.15, -0.1) is 0 Å². The zero-order valence-corrected chi connectivity index (χ0v) is 10.7. The highest BCUT2D eigenvalue weighted by molar-refractivity contribution is 6.33. The highest BCUT2D eigenvalue weighted by Gasteiger charge is 2.06. The Morgan fingerprint density at radius 3 is 2.74 bits per heavy atom. The highest BCUT2D eigenvalue weighted by atomic mass is 35.5. The van der Waals surface area contributed by atoms with Crippen molar-refractivity contribution in [3.05, 3.63) is 53.8 Å². The molecular weight excluding hydrogens is 260 g/mol. The van der Waals surface area contributed by atoms with Gasteiger partial charge in [-0.2, -0.15) is 0 Å². The van der Waals surface area contributed by atoms with E-state index >= 15 is 0 Å². The van der Waals surface area contributed by atoms with Crippen molar-refractivity contribution in [2.45, 2.75) is 0 Å². The number of nitrogens with two attached hydrogens (primary N) is 1. The molecule has 4 nitrogen and oxygen atoms in total. The van der Waals surface area contributed by atoms with E-state index in [-0.39, 0.29) is 0 Å². The Kier molecular flexibility index (Phi) is 2.93. The fraction of sp³-hybridized carbons (Fsp3) is 0. The van der Waals surface area contributed by atoms with Crippen molar-refractivity contribution in [2.75, 3.05) is 11.1 Å². The minimum atomic E-state index is 0.637. The third-order valence-corrected chi connectivity index (χ3v) is 3.12. The van der Waals surface area contributed by atoms with E-state index in [0.717, 1.165) is 16.6 Å². The van der Waals surface area contributed by atoms with Gasteiger partial charge in [-0.05, 0) is 30.3 Å². The maximum absolute atomic E-state index is 6.13. The van der Waals surface area contributed by atoms with Crippen LogP contribution in [0.5, 0.6) is 0 Å². The summed E-state index contributed by atoms with van der Waals surface area (Å²) >= 11 is 6.13. The molecule has 0 aliphatic heterocycles. The van der Waals surface area contributed by atoms with E-state index in [0.29, 0.717) is 16.5 Å². The Labute approximate surface area is 115 Å². The van der Waals surface area contributed by atoms with Gasteiger partial charge in [0.05, 0.1) is 16.2 Å². The summed E-state index contributed by atoms with van der Waals surface area (Å²) in [5, 5.41) is 4.70. The molecule has 19 heavy (non-hydrogen) atoms. The van der Waals surface area contributed by atoms with Crippen LogP contribution in [0.2, 0.25) is 5.02 Å². The van der Waals surface area contributed by atoms with Crippen LogP contribution in [0, 0.1) is 0 Å². The molecule has 3 aromatic rings. The fourth-order valence-corrected chi connectivity index (χ4v) is 2.05. The number of fused-ring (bicyclic) bond motifs is 1. The quantitative estimate of drug-likeness (QED) is 0.698. The molecular formula is C14H11ClN4. The number of benzene rings is 2. The molecule has 0 spiro atoms. The van der Waals surface area contributed by atoms with Gasteiger partial charge in [-0.25, -0.2) is 9.97 Å². The van der Waals surface area contributed by atoms with Crippen LogP contribution < -0.4 is 11.1 Å². The second-order valence-corrected chi connectivity index (χ2v) is 4.51. The Hall–Kier alpha value is -2.33. The zero-order chi connectivity index (χ0) is 13.2. The number of nitrogens with one attached hydrogen (secondary N) is 1. The van der Waals surface area contributed by atoms with Crippen LogP contribution in [0.1, 0.15) is 0 Å². The molecule has 0 saturated heterocycles. The first kappa shape index (κ1) is 11.7. The smallest absolute Gasteiger partial charge is 0.141 e. The van der Waals surface area contributed by atoms with Gasteiger partial charge in [-0.3, -0.25) is 0 Å². The second kappa shape index (κ2) is 4.74. The molecule has 0 aliphatic rings. The van der Waals surface area contributed by atoms with Crippen LogP contribution in [0.15, 0.2) is 48.8 Å². The lowest BCUT2D eigenvalue weighted by molar-refractivity contribution is 1.22. The standard InChI is InChI=1S/C14H11ClN4/c15-11-3-1-2-4-13(11)19-14-10-7-9(16)5-6-12(10)17-8-18-14/h1-8H,16H2,(H,17,18,19). The summed E-state index contributed by atoms with van der Waals surface area (Å²) in [6.45, 7) is 0. The van der Waals surface area contributed by atoms with E-state index in [4.69, 9.17) is 17.3 Å². The number of aromatic nitrogens is 2. The molecule has 1 heterocycles. The average Bonchev–Trinajstić information content (AvgIpc) is 2.42. The number of halogens is 1. The molecule has 0 saturated carbocycles. The molecule has 0 unspecified atom stereocenters. The molecule has 5 heteroatoms. The number of hydrogen-bond acceptors (Lipinski definition) is 4. The van der Waals surface area contributed by atoms with Crippen molar-refractivity contribution < 1.29 is 0 Å². The summed E-state index contributed by atoms with van der Waals surface area (Å²) in [6, 6.07) is 13.0. The maximum Gasteiger partial charge on any atom is 0.141 e. The average molecular weight is 271 g/mol. The Balaban J connectivity index is 2.10. The molecule has 0 aliphatic carbocycles. The molecule has 0 atom stereocenters. The van der Waals surface area contributed by atoms with Gasteiger partial charge >= 0.3 is 0 Å². The summed E-state index contributed by atoms with van der Waals surface area (Å²) in [6.07, 6.45) is 1.51. The van der Waals surface area contributed by atoms with Crippen LogP contribution in [-0.4, -0.2) is 9.97 Å². The third kappa shape index (κ3) is 2.30. The minimum Gasteiger partial charge on any atom is -0.399 e. The van der Waals surface area contributed by atoms with Crippen LogP contribution >= 0.6 is 11.6 Å². The van der Waals surface area contributed by atoms with Gasteiger partial charge in [0.1, 0.15) is 12.1 Å². The predicted octanol–water partition coefficient (Wildman–Crippen LogP) is 3.61. The van der Waals surface area contributed by atoms with Crippen molar-refractivity contribution in [3.63, 3.8) is 0 Å². The Bertz CT molecular complexity index is 742. The molecule has 3 rings (SSSR count). The molecule has 3 N–H and O–H groups in total. The molecule has 0 amide bonds. The first-order chi connectivity index (χ1) is 9.24. The van der Waals surface area contributed by atoms with Gasteiger partial charge in [0, 0.05) is 11.1 Å². The lowest BCUT2D eigenvalue weighted by Crippen LogP contribution is -1.97. The van der Waals surface area contributed by atoms with Gasteiger partial charge in [0.2, 0.25) is 0 Å². The van der Waals surface area contributed by atoms with Crippen LogP contribution in [0.3, 0.4) is 0 Å². The SMILES string of the molecule is Nc1ccc2ncnc(Nc3ccccc3Cl)c2c1. The van der Waals surface area contributed by atoms with Crippen molar-refractivity contribution >= 4 is 39.7 Å². The Morgan fingerprint density at radius 1 is 1.05 bits per heavy atom. The lowest BCUT2D eigenvalue weighted by Gasteiger charge is -2.09. The van der Waals surface area contributed by atoms with Crippen molar-refractivity contribution in [1.29, 1.82) is 0 Å². The zero-order valence-electron chi connectivity index (χ0n) is 9.97. The normalized spacial score (nSPS) is 10.6. The maximum atomic E-state index is 6.13. The van der Waals surface area contributed by atoms with E-state index in [1.54, 1.807) is 0 Å². The van der Waals surface area contributed by atoms with Crippen LogP contribution in [0.4, 0.5) is 17.2 Å². The predicted molar refractivity (Wildman–Crippen MR) is 78.7 cm³/mol. The van der Waals surface area contributed by atoms with Crippen molar-refractivity contribution in [1.82, 2.24) is 9.97 Å². The summed E-state index contributed by atoms with van der Waals surface area (Å²) in [4.78, 5) is 8.46. The Morgan fingerprint density at radius 2 is 1.89 bits per heavy atom. The van der Waals surface area contributed by atoms with Crippen LogP contribution in [0.25, 0.3) is 10.9 Å². The summed E-state index contributed by atoms with van der Waals surface area (Å²) in [5.74, 6) is 0.686. The number of hydrogen-bond donors (Lipinski definition) is 2.